The average molecular weight is 402 g/mol. The van der Waals surface area contributed by atoms with Crippen molar-refractivity contribution in [2.75, 3.05) is 60.0 Å². The minimum Gasteiger partial charge on any atom is -0.497 e. The van der Waals surface area contributed by atoms with E-state index in [0.29, 0.717) is 12.0 Å². The van der Waals surface area contributed by atoms with Gasteiger partial charge in [-0.05, 0) is 75.5 Å². The second-order valence-corrected chi connectivity index (χ2v) is 8.48. The molecule has 2 N–H and O–H groups in total. The van der Waals surface area contributed by atoms with Crippen LogP contribution < -0.4 is 15.4 Å². The van der Waals surface area contributed by atoms with Crippen molar-refractivity contribution >= 4 is 5.96 Å². The standard InChI is InChI=1S/C23H39N5O/c1-19(18-27-11-4-5-12-27)16-25-23(24-2)26-17-22(28-13-6-7-14-28)20-9-8-10-21(15-20)29-3/h8-10,15,19,22H,4-7,11-14,16-18H2,1-3H3,(H2,24,25,26). The Kier molecular flexibility index (Phi) is 8.62. The van der Waals surface area contributed by atoms with Crippen molar-refractivity contribution in [3.05, 3.63) is 29.8 Å². The zero-order chi connectivity index (χ0) is 20.5. The third-order valence-electron chi connectivity index (χ3n) is 6.13. The Hall–Kier alpha value is -1.79. The van der Waals surface area contributed by atoms with Gasteiger partial charge in [0.1, 0.15) is 5.75 Å². The second kappa shape index (κ2) is 11.4. The van der Waals surface area contributed by atoms with Gasteiger partial charge in [-0.15, -0.1) is 0 Å². The summed E-state index contributed by atoms with van der Waals surface area (Å²) in [7, 11) is 3.59. The third-order valence-corrected chi connectivity index (χ3v) is 6.13. The van der Waals surface area contributed by atoms with Crippen LogP contribution in [0.3, 0.4) is 0 Å². The molecule has 2 fully saturated rings. The summed E-state index contributed by atoms with van der Waals surface area (Å²) < 4.78 is 5.45. The van der Waals surface area contributed by atoms with Gasteiger partial charge in [0, 0.05) is 26.7 Å². The molecule has 2 atom stereocenters. The monoisotopic (exact) mass is 401 g/mol. The molecule has 6 heteroatoms. The number of ether oxygens (including phenoxy) is 1. The summed E-state index contributed by atoms with van der Waals surface area (Å²) >= 11 is 0. The van der Waals surface area contributed by atoms with Crippen molar-refractivity contribution < 1.29 is 4.74 Å². The van der Waals surface area contributed by atoms with Crippen LogP contribution in [-0.2, 0) is 0 Å². The van der Waals surface area contributed by atoms with Gasteiger partial charge in [-0.3, -0.25) is 9.89 Å². The van der Waals surface area contributed by atoms with Crippen LogP contribution in [0.1, 0.15) is 44.2 Å². The van der Waals surface area contributed by atoms with Crippen molar-refractivity contribution in [2.24, 2.45) is 10.9 Å². The zero-order valence-corrected chi connectivity index (χ0v) is 18.5. The average Bonchev–Trinajstić information content (AvgIpc) is 3.45. The van der Waals surface area contributed by atoms with Gasteiger partial charge in [-0.25, -0.2) is 0 Å². The summed E-state index contributed by atoms with van der Waals surface area (Å²) in [4.78, 5) is 9.61. The number of methoxy groups -OCH3 is 1. The number of hydrogen-bond donors (Lipinski definition) is 2. The second-order valence-electron chi connectivity index (χ2n) is 8.48. The molecule has 2 aliphatic rings. The molecule has 2 unspecified atom stereocenters. The maximum absolute atomic E-state index is 5.45. The predicted molar refractivity (Wildman–Crippen MR) is 121 cm³/mol. The van der Waals surface area contributed by atoms with E-state index in [1.54, 1.807) is 7.11 Å². The highest BCUT2D eigenvalue weighted by Crippen LogP contribution is 2.27. The summed E-state index contributed by atoms with van der Waals surface area (Å²) in [5.74, 6) is 2.43. The molecular weight excluding hydrogens is 362 g/mol. The first-order valence-corrected chi connectivity index (χ1v) is 11.2. The quantitative estimate of drug-likeness (QED) is 0.492. The summed E-state index contributed by atoms with van der Waals surface area (Å²) in [6, 6.07) is 8.80. The fraction of sp³-hybridized carbons (Fsp3) is 0.696. The highest BCUT2D eigenvalue weighted by Gasteiger charge is 2.24. The van der Waals surface area contributed by atoms with Crippen LogP contribution in [0.5, 0.6) is 5.75 Å². The van der Waals surface area contributed by atoms with E-state index in [0.717, 1.165) is 37.9 Å². The third kappa shape index (κ3) is 6.61. The molecule has 0 aliphatic carbocycles. The predicted octanol–water partition coefficient (Wildman–Crippen LogP) is 2.73. The van der Waals surface area contributed by atoms with E-state index in [9.17, 15) is 0 Å². The van der Waals surface area contributed by atoms with Gasteiger partial charge in [-0.1, -0.05) is 19.1 Å². The van der Waals surface area contributed by atoms with Crippen LogP contribution in [-0.4, -0.2) is 75.7 Å². The molecule has 0 amide bonds. The Labute approximate surface area is 176 Å². The van der Waals surface area contributed by atoms with Crippen LogP contribution in [0.15, 0.2) is 29.3 Å². The maximum Gasteiger partial charge on any atom is 0.191 e. The van der Waals surface area contributed by atoms with Crippen LogP contribution in [0.4, 0.5) is 0 Å². The molecule has 6 nitrogen and oxygen atoms in total. The van der Waals surface area contributed by atoms with Gasteiger partial charge < -0.3 is 20.3 Å². The number of guanidine groups is 1. The van der Waals surface area contributed by atoms with E-state index in [1.165, 1.54) is 50.9 Å². The van der Waals surface area contributed by atoms with Crippen LogP contribution in [0, 0.1) is 5.92 Å². The SMILES string of the molecule is CN=C(NCC(C)CN1CCCC1)NCC(c1cccc(OC)c1)N1CCCC1. The summed E-state index contributed by atoms with van der Waals surface area (Å²) in [5, 5.41) is 7.11. The molecule has 29 heavy (non-hydrogen) atoms. The zero-order valence-electron chi connectivity index (χ0n) is 18.5. The number of nitrogens with zero attached hydrogens (tertiary/aromatic N) is 3. The molecule has 2 aliphatic heterocycles. The molecule has 0 aromatic heterocycles. The van der Waals surface area contributed by atoms with Crippen molar-refractivity contribution in [2.45, 2.75) is 38.6 Å². The van der Waals surface area contributed by atoms with Crippen molar-refractivity contribution in [1.82, 2.24) is 20.4 Å². The number of nitrogens with one attached hydrogen (secondary N) is 2. The highest BCUT2D eigenvalue weighted by atomic mass is 16.5. The molecule has 162 valence electrons. The van der Waals surface area contributed by atoms with E-state index in [4.69, 9.17) is 4.74 Å². The first kappa shape index (κ1) is 21.9. The van der Waals surface area contributed by atoms with Gasteiger partial charge in [0.2, 0.25) is 0 Å². The topological polar surface area (TPSA) is 52.1 Å². The smallest absolute Gasteiger partial charge is 0.191 e. The molecule has 0 bridgehead atoms. The maximum atomic E-state index is 5.45. The van der Waals surface area contributed by atoms with E-state index < -0.39 is 0 Å². The Morgan fingerprint density at radius 3 is 2.45 bits per heavy atom. The Bertz CT molecular complexity index is 638. The van der Waals surface area contributed by atoms with Crippen LogP contribution >= 0.6 is 0 Å². The lowest BCUT2D eigenvalue weighted by atomic mass is 10.1. The molecule has 2 saturated heterocycles. The number of benzene rings is 1. The fourth-order valence-corrected chi connectivity index (χ4v) is 4.52. The van der Waals surface area contributed by atoms with E-state index >= 15 is 0 Å². The normalized spacial score (nSPS) is 20.6. The van der Waals surface area contributed by atoms with Gasteiger partial charge in [0.25, 0.3) is 0 Å². The van der Waals surface area contributed by atoms with Gasteiger partial charge in [0.05, 0.1) is 13.2 Å². The largest absolute Gasteiger partial charge is 0.497 e. The lowest BCUT2D eigenvalue weighted by Gasteiger charge is -2.29. The number of aliphatic imine (C=N–C) groups is 1. The summed E-state index contributed by atoms with van der Waals surface area (Å²) in [6.07, 6.45) is 5.26. The molecular formula is C23H39N5O. The van der Waals surface area contributed by atoms with Gasteiger partial charge in [-0.2, -0.15) is 0 Å². The molecule has 2 heterocycles. The number of hydrogen-bond acceptors (Lipinski definition) is 4. The van der Waals surface area contributed by atoms with Crippen molar-refractivity contribution in [3.63, 3.8) is 0 Å². The minimum absolute atomic E-state index is 0.327. The first-order chi connectivity index (χ1) is 14.2. The highest BCUT2D eigenvalue weighted by molar-refractivity contribution is 5.79. The molecule has 1 aromatic carbocycles. The van der Waals surface area contributed by atoms with Crippen molar-refractivity contribution in [1.29, 1.82) is 0 Å². The van der Waals surface area contributed by atoms with Crippen LogP contribution in [0.25, 0.3) is 0 Å². The first-order valence-electron chi connectivity index (χ1n) is 11.2. The van der Waals surface area contributed by atoms with Gasteiger partial charge in [0.15, 0.2) is 5.96 Å². The van der Waals surface area contributed by atoms with E-state index in [1.807, 2.05) is 13.1 Å². The number of rotatable bonds is 9. The summed E-state index contributed by atoms with van der Waals surface area (Å²) in [6.45, 7) is 10.1. The molecule has 1 aromatic rings. The number of likely N-dealkylation sites (tertiary alicyclic amines) is 2. The minimum atomic E-state index is 0.327. The molecule has 0 radical (unpaired) electrons. The van der Waals surface area contributed by atoms with Gasteiger partial charge >= 0.3 is 0 Å². The molecule has 3 rings (SSSR count). The molecule has 0 spiro atoms. The Balaban J connectivity index is 1.53. The molecule has 0 saturated carbocycles. The lowest BCUT2D eigenvalue weighted by Crippen LogP contribution is -2.44. The van der Waals surface area contributed by atoms with Crippen LogP contribution in [0.2, 0.25) is 0 Å². The summed E-state index contributed by atoms with van der Waals surface area (Å²) in [5.41, 5.74) is 1.30. The Morgan fingerprint density at radius 1 is 1.07 bits per heavy atom. The fourth-order valence-electron chi connectivity index (χ4n) is 4.52. The van der Waals surface area contributed by atoms with E-state index in [2.05, 4.69) is 50.5 Å². The Morgan fingerprint density at radius 2 is 1.76 bits per heavy atom. The van der Waals surface area contributed by atoms with E-state index in [-0.39, 0.29) is 0 Å². The lowest BCUT2D eigenvalue weighted by molar-refractivity contribution is 0.244. The van der Waals surface area contributed by atoms with Crippen molar-refractivity contribution in [3.8, 4) is 5.75 Å².